The van der Waals surface area contributed by atoms with E-state index in [1.165, 1.54) is 0 Å². The van der Waals surface area contributed by atoms with Crippen LogP contribution >= 0.6 is 15.9 Å². The molecule has 1 aliphatic rings. The quantitative estimate of drug-likeness (QED) is 0.685. The van der Waals surface area contributed by atoms with E-state index in [2.05, 4.69) is 31.5 Å². The Balaban J connectivity index is 1.46. The standard InChI is InChI=1S/C23H28BrN3O2/c1-16-8-9-21(20(24)14-16)26-22(28)17(2)27-12-10-19(11-13-27)23(29)25-15-18-6-4-3-5-7-18/h3-9,14,17,19H,10-13,15H2,1-2H3,(H,25,29)(H,26,28)/t17-/m1/s1. The highest BCUT2D eigenvalue weighted by molar-refractivity contribution is 9.10. The van der Waals surface area contributed by atoms with Crippen LogP contribution in [0.25, 0.3) is 0 Å². The summed E-state index contributed by atoms with van der Waals surface area (Å²) in [5, 5.41) is 6.04. The lowest BCUT2D eigenvalue weighted by Gasteiger charge is -2.34. The summed E-state index contributed by atoms with van der Waals surface area (Å²) >= 11 is 3.50. The Morgan fingerprint density at radius 2 is 1.83 bits per heavy atom. The highest BCUT2D eigenvalue weighted by atomic mass is 79.9. The van der Waals surface area contributed by atoms with Gasteiger partial charge in [-0.05, 0) is 79.0 Å². The largest absolute Gasteiger partial charge is 0.352 e. The maximum atomic E-state index is 12.7. The molecule has 1 aliphatic heterocycles. The summed E-state index contributed by atoms with van der Waals surface area (Å²) in [7, 11) is 0. The molecule has 0 saturated carbocycles. The third-order valence-corrected chi connectivity index (χ3v) is 6.18. The number of carbonyl (C=O) groups excluding carboxylic acids is 2. The molecule has 1 saturated heterocycles. The molecule has 3 rings (SSSR count). The number of rotatable bonds is 6. The van der Waals surface area contributed by atoms with E-state index < -0.39 is 0 Å². The van der Waals surface area contributed by atoms with E-state index in [1.54, 1.807) is 0 Å². The van der Waals surface area contributed by atoms with E-state index in [-0.39, 0.29) is 23.8 Å². The minimum atomic E-state index is -0.239. The number of hydrogen-bond acceptors (Lipinski definition) is 3. The first-order valence-electron chi connectivity index (χ1n) is 10.1. The number of nitrogens with zero attached hydrogens (tertiary/aromatic N) is 1. The first-order valence-corrected chi connectivity index (χ1v) is 10.9. The molecule has 2 amide bonds. The molecule has 29 heavy (non-hydrogen) atoms. The number of amides is 2. The molecule has 0 radical (unpaired) electrons. The van der Waals surface area contributed by atoms with Gasteiger partial charge in [-0.2, -0.15) is 0 Å². The van der Waals surface area contributed by atoms with Gasteiger partial charge in [-0.1, -0.05) is 36.4 Å². The van der Waals surface area contributed by atoms with E-state index in [1.807, 2.05) is 62.4 Å². The van der Waals surface area contributed by atoms with Gasteiger partial charge < -0.3 is 10.6 Å². The molecule has 6 heteroatoms. The Kier molecular flexibility index (Phi) is 7.45. The zero-order valence-corrected chi connectivity index (χ0v) is 18.5. The topological polar surface area (TPSA) is 61.4 Å². The first-order chi connectivity index (χ1) is 13.9. The number of aryl methyl sites for hydroxylation is 1. The lowest BCUT2D eigenvalue weighted by atomic mass is 9.94. The van der Waals surface area contributed by atoms with Crippen LogP contribution in [-0.2, 0) is 16.1 Å². The van der Waals surface area contributed by atoms with Crippen molar-refractivity contribution >= 4 is 33.4 Å². The monoisotopic (exact) mass is 457 g/mol. The molecule has 2 aromatic rings. The molecular weight excluding hydrogens is 430 g/mol. The van der Waals surface area contributed by atoms with Gasteiger partial charge in [0.05, 0.1) is 11.7 Å². The predicted octanol–water partition coefficient (Wildman–Crippen LogP) is 4.11. The number of nitrogens with one attached hydrogen (secondary N) is 2. The molecular formula is C23H28BrN3O2. The molecule has 0 aliphatic carbocycles. The van der Waals surface area contributed by atoms with Gasteiger partial charge >= 0.3 is 0 Å². The van der Waals surface area contributed by atoms with Gasteiger partial charge in [-0.3, -0.25) is 14.5 Å². The minimum absolute atomic E-state index is 0.0106. The predicted molar refractivity (Wildman–Crippen MR) is 120 cm³/mol. The van der Waals surface area contributed by atoms with Gasteiger partial charge in [0.15, 0.2) is 0 Å². The van der Waals surface area contributed by atoms with Crippen molar-refractivity contribution in [1.29, 1.82) is 0 Å². The molecule has 0 spiro atoms. The van der Waals surface area contributed by atoms with Crippen molar-refractivity contribution in [3.8, 4) is 0 Å². The van der Waals surface area contributed by atoms with Gasteiger partial charge in [0, 0.05) is 16.9 Å². The fourth-order valence-electron chi connectivity index (χ4n) is 3.60. The normalized spacial score (nSPS) is 16.2. The molecule has 1 atom stereocenters. The van der Waals surface area contributed by atoms with E-state index in [0.717, 1.165) is 47.2 Å². The molecule has 1 fully saturated rings. The number of halogens is 1. The van der Waals surface area contributed by atoms with Gasteiger partial charge in [0.2, 0.25) is 11.8 Å². The fraction of sp³-hybridized carbons (Fsp3) is 0.391. The van der Waals surface area contributed by atoms with Crippen molar-refractivity contribution < 1.29 is 9.59 Å². The van der Waals surface area contributed by atoms with Crippen LogP contribution in [0.4, 0.5) is 5.69 Å². The summed E-state index contributed by atoms with van der Waals surface area (Å²) in [4.78, 5) is 27.3. The molecule has 154 valence electrons. The number of anilines is 1. The average Bonchev–Trinajstić information content (AvgIpc) is 2.74. The number of carbonyl (C=O) groups is 2. The number of hydrogen-bond donors (Lipinski definition) is 2. The zero-order valence-electron chi connectivity index (χ0n) is 17.0. The molecule has 2 aromatic carbocycles. The van der Waals surface area contributed by atoms with Crippen LogP contribution < -0.4 is 10.6 Å². The van der Waals surface area contributed by atoms with Crippen molar-refractivity contribution in [2.45, 2.75) is 39.3 Å². The molecule has 0 unspecified atom stereocenters. The molecule has 5 nitrogen and oxygen atoms in total. The lowest BCUT2D eigenvalue weighted by Crippen LogP contribution is -2.48. The SMILES string of the molecule is Cc1ccc(NC(=O)[C@@H](C)N2CCC(C(=O)NCc3ccccc3)CC2)c(Br)c1. The Hall–Kier alpha value is -2.18. The number of likely N-dealkylation sites (tertiary alicyclic amines) is 1. The summed E-state index contributed by atoms with van der Waals surface area (Å²) < 4.78 is 0.881. The third kappa shape index (κ3) is 5.90. The van der Waals surface area contributed by atoms with Crippen LogP contribution in [0, 0.1) is 12.8 Å². The van der Waals surface area contributed by atoms with Gasteiger partial charge in [0.1, 0.15) is 0 Å². The van der Waals surface area contributed by atoms with Crippen LogP contribution in [0.2, 0.25) is 0 Å². The van der Waals surface area contributed by atoms with Gasteiger partial charge in [-0.25, -0.2) is 0 Å². The summed E-state index contributed by atoms with van der Waals surface area (Å²) in [6.45, 7) is 5.98. The van der Waals surface area contributed by atoms with Crippen molar-refractivity contribution in [2.75, 3.05) is 18.4 Å². The summed E-state index contributed by atoms with van der Waals surface area (Å²) in [5.74, 6) is 0.0900. The van der Waals surface area contributed by atoms with Crippen molar-refractivity contribution in [3.05, 3.63) is 64.1 Å². The highest BCUT2D eigenvalue weighted by Gasteiger charge is 2.29. The second-order valence-corrected chi connectivity index (χ2v) is 8.52. The second kappa shape index (κ2) is 10.0. The molecule has 0 bridgehead atoms. The summed E-state index contributed by atoms with van der Waals surface area (Å²) in [5.41, 5.74) is 3.02. The van der Waals surface area contributed by atoms with Crippen LogP contribution in [0.15, 0.2) is 53.0 Å². The summed E-state index contributed by atoms with van der Waals surface area (Å²) in [6.07, 6.45) is 1.54. The van der Waals surface area contributed by atoms with E-state index in [0.29, 0.717) is 6.54 Å². The van der Waals surface area contributed by atoms with Gasteiger partial charge in [-0.15, -0.1) is 0 Å². The Morgan fingerprint density at radius 3 is 2.48 bits per heavy atom. The van der Waals surface area contributed by atoms with E-state index in [9.17, 15) is 9.59 Å². The lowest BCUT2D eigenvalue weighted by molar-refractivity contribution is -0.127. The molecule has 2 N–H and O–H groups in total. The van der Waals surface area contributed by atoms with Crippen LogP contribution in [0.1, 0.15) is 30.9 Å². The smallest absolute Gasteiger partial charge is 0.241 e. The maximum Gasteiger partial charge on any atom is 0.241 e. The van der Waals surface area contributed by atoms with E-state index in [4.69, 9.17) is 0 Å². The Morgan fingerprint density at radius 1 is 1.14 bits per heavy atom. The van der Waals surface area contributed by atoms with Crippen LogP contribution in [-0.4, -0.2) is 35.8 Å². The Bertz CT molecular complexity index is 848. The fourth-order valence-corrected chi connectivity index (χ4v) is 4.20. The number of piperidine rings is 1. The maximum absolute atomic E-state index is 12.7. The Labute approximate surface area is 181 Å². The van der Waals surface area contributed by atoms with E-state index >= 15 is 0 Å². The van der Waals surface area contributed by atoms with Crippen LogP contribution in [0.5, 0.6) is 0 Å². The van der Waals surface area contributed by atoms with Crippen molar-refractivity contribution in [1.82, 2.24) is 10.2 Å². The minimum Gasteiger partial charge on any atom is -0.352 e. The second-order valence-electron chi connectivity index (χ2n) is 7.66. The third-order valence-electron chi connectivity index (χ3n) is 5.52. The van der Waals surface area contributed by atoms with Crippen molar-refractivity contribution in [2.24, 2.45) is 5.92 Å². The highest BCUT2D eigenvalue weighted by Crippen LogP contribution is 2.25. The zero-order chi connectivity index (χ0) is 20.8. The number of benzene rings is 2. The first kappa shape index (κ1) is 21.5. The average molecular weight is 458 g/mol. The molecule has 1 heterocycles. The van der Waals surface area contributed by atoms with Crippen LogP contribution in [0.3, 0.4) is 0 Å². The summed E-state index contributed by atoms with van der Waals surface area (Å²) in [6, 6.07) is 15.6. The van der Waals surface area contributed by atoms with Gasteiger partial charge in [0.25, 0.3) is 0 Å². The van der Waals surface area contributed by atoms with Crippen molar-refractivity contribution in [3.63, 3.8) is 0 Å². The molecule has 0 aromatic heterocycles.